The van der Waals surface area contributed by atoms with Gasteiger partial charge in [-0.05, 0) is 49.7 Å². The van der Waals surface area contributed by atoms with Crippen LogP contribution in [0.3, 0.4) is 0 Å². The lowest BCUT2D eigenvalue weighted by molar-refractivity contribution is -0.143. The molecule has 0 rings (SSSR count). The summed E-state index contributed by atoms with van der Waals surface area (Å²) in [4.78, 5) is 53.1. The van der Waals surface area contributed by atoms with E-state index >= 15 is 0 Å². The van der Waals surface area contributed by atoms with E-state index in [9.17, 15) is 24.3 Å². The highest BCUT2D eigenvalue weighted by molar-refractivity contribution is 7.98. The van der Waals surface area contributed by atoms with Crippen LogP contribution in [0, 0.1) is 0 Å². The molecule has 0 aliphatic heterocycles. The van der Waals surface area contributed by atoms with E-state index in [1.54, 1.807) is 11.8 Å². The molecule has 4 atom stereocenters. The summed E-state index contributed by atoms with van der Waals surface area (Å²) in [6, 6.07) is -4.40. The maximum atomic E-state index is 13.0. The first-order valence-corrected chi connectivity index (χ1v) is 13.4. The van der Waals surface area contributed by atoms with Crippen LogP contribution in [0.15, 0.2) is 4.99 Å². The van der Waals surface area contributed by atoms with Gasteiger partial charge in [0.2, 0.25) is 17.7 Å². The monoisotopic (exact) mass is 523 g/mol. The average molecular weight is 524 g/mol. The molecular formula is C19H37N7O6S2. The predicted molar refractivity (Wildman–Crippen MR) is 134 cm³/mol. The zero-order valence-electron chi connectivity index (χ0n) is 19.5. The van der Waals surface area contributed by atoms with E-state index in [-0.39, 0.29) is 18.9 Å². The molecule has 0 aromatic heterocycles. The molecule has 0 bridgehead atoms. The number of aliphatic imine (C=N–C) groups is 1. The van der Waals surface area contributed by atoms with Crippen molar-refractivity contribution in [3.05, 3.63) is 0 Å². The summed E-state index contributed by atoms with van der Waals surface area (Å²) in [5, 5.41) is 25.7. The van der Waals surface area contributed by atoms with Gasteiger partial charge < -0.3 is 43.4 Å². The number of guanidine groups is 1. The molecule has 3 amide bonds. The summed E-state index contributed by atoms with van der Waals surface area (Å²) < 4.78 is 0. The first-order chi connectivity index (χ1) is 16.1. The minimum Gasteiger partial charge on any atom is -0.480 e. The number of aliphatic carboxylic acids is 1. The van der Waals surface area contributed by atoms with E-state index in [0.717, 1.165) is 0 Å². The minimum absolute atomic E-state index is 0.0859. The van der Waals surface area contributed by atoms with Gasteiger partial charge in [-0.1, -0.05) is 0 Å². The number of aliphatic hydroxyl groups excluding tert-OH is 1. The summed E-state index contributed by atoms with van der Waals surface area (Å²) in [6.07, 6.45) is 4.87. The Balaban J connectivity index is 5.43. The highest BCUT2D eigenvalue weighted by Crippen LogP contribution is 2.06. The molecule has 0 spiro atoms. The number of thioether (sulfide) groups is 2. The Bertz CT molecular complexity index is 694. The summed E-state index contributed by atoms with van der Waals surface area (Å²) in [6.45, 7) is -0.642. The number of nitrogens with one attached hydrogen (secondary N) is 3. The van der Waals surface area contributed by atoms with Gasteiger partial charge in [0.1, 0.15) is 18.1 Å². The molecule has 13 nitrogen and oxygen atoms in total. The van der Waals surface area contributed by atoms with Crippen LogP contribution >= 0.6 is 23.5 Å². The van der Waals surface area contributed by atoms with Crippen LogP contribution in [0.5, 0.6) is 0 Å². The number of hydrogen-bond donors (Lipinski definition) is 8. The van der Waals surface area contributed by atoms with E-state index in [0.29, 0.717) is 30.8 Å². The maximum absolute atomic E-state index is 13.0. The van der Waals surface area contributed by atoms with Crippen molar-refractivity contribution in [1.29, 1.82) is 0 Å². The van der Waals surface area contributed by atoms with Crippen molar-refractivity contribution in [2.45, 2.75) is 49.9 Å². The highest BCUT2D eigenvalue weighted by atomic mass is 32.2. The molecule has 0 radical (unpaired) electrons. The molecule has 0 fully saturated rings. The van der Waals surface area contributed by atoms with Crippen LogP contribution in [0.25, 0.3) is 0 Å². The highest BCUT2D eigenvalue weighted by Gasteiger charge is 2.29. The third-order valence-electron chi connectivity index (χ3n) is 4.59. The van der Waals surface area contributed by atoms with Crippen molar-refractivity contribution in [3.8, 4) is 0 Å². The number of carboxylic acid groups (broad SMARTS) is 1. The van der Waals surface area contributed by atoms with Gasteiger partial charge in [-0.25, -0.2) is 4.79 Å². The van der Waals surface area contributed by atoms with E-state index < -0.39 is 54.5 Å². The van der Waals surface area contributed by atoms with Crippen molar-refractivity contribution in [2.75, 3.05) is 37.2 Å². The molecule has 4 unspecified atom stereocenters. The molecule has 15 heteroatoms. The van der Waals surface area contributed by atoms with E-state index in [4.69, 9.17) is 22.3 Å². The molecule has 34 heavy (non-hydrogen) atoms. The van der Waals surface area contributed by atoms with Crippen molar-refractivity contribution < 1.29 is 29.4 Å². The van der Waals surface area contributed by atoms with Crippen LogP contribution < -0.4 is 33.2 Å². The Morgan fingerprint density at radius 3 is 1.85 bits per heavy atom. The fourth-order valence-corrected chi connectivity index (χ4v) is 3.62. The molecule has 0 heterocycles. The number of amides is 3. The topological polar surface area (TPSA) is 235 Å². The zero-order chi connectivity index (χ0) is 26.1. The first kappa shape index (κ1) is 31.8. The number of carbonyl (C=O) groups excluding carboxylic acids is 3. The second-order valence-corrected chi connectivity index (χ2v) is 9.29. The number of aliphatic hydroxyl groups is 1. The second kappa shape index (κ2) is 18.1. The lowest BCUT2D eigenvalue weighted by atomic mass is 10.1. The van der Waals surface area contributed by atoms with Gasteiger partial charge in [0.05, 0.1) is 12.6 Å². The van der Waals surface area contributed by atoms with Gasteiger partial charge in [-0.2, -0.15) is 23.5 Å². The van der Waals surface area contributed by atoms with Gasteiger partial charge >= 0.3 is 5.97 Å². The van der Waals surface area contributed by atoms with E-state index in [2.05, 4.69) is 20.9 Å². The van der Waals surface area contributed by atoms with Crippen molar-refractivity contribution in [2.24, 2.45) is 22.2 Å². The van der Waals surface area contributed by atoms with Gasteiger partial charge in [-0.3, -0.25) is 19.4 Å². The number of hydrogen-bond acceptors (Lipinski definition) is 9. The summed E-state index contributed by atoms with van der Waals surface area (Å²) in [5.41, 5.74) is 16.5. The molecule has 0 saturated heterocycles. The number of nitrogens with zero attached hydrogens (tertiary/aromatic N) is 1. The van der Waals surface area contributed by atoms with Crippen molar-refractivity contribution in [1.82, 2.24) is 16.0 Å². The Kier molecular flexibility index (Phi) is 17.0. The fraction of sp³-hybridized carbons (Fsp3) is 0.737. The maximum Gasteiger partial charge on any atom is 0.328 e. The molecule has 0 aliphatic carbocycles. The van der Waals surface area contributed by atoms with Crippen molar-refractivity contribution in [3.63, 3.8) is 0 Å². The van der Waals surface area contributed by atoms with Gasteiger partial charge in [-0.15, -0.1) is 0 Å². The molecule has 0 aromatic rings. The summed E-state index contributed by atoms with van der Waals surface area (Å²) >= 11 is 3.03. The third-order valence-corrected chi connectivity index (χ3v) is 5.88. The molecule has 0 aliphatic rings. The van der Waals surface area contributed by atoms with Crippen LogP contribution in [0.2, 0.25) is 0 Å². The lowest BCUT2D eigenvalue weighted by Crippen LogP contribution is -2.57. The molecule has 0 saturated carbocycles. The van der Waals surface area contributed by atoms with Gasteiger partial charge in [0.15, 0.2) is 5.96 Å². The van der Waals surface area contributed by atoms with Gasteiger partial charge in [0.25, 0.3) is 0 Å². The number of nitrogens with two attached hydrogens (primary N) is 3. The predicted octanol–water partition coefficient (Wildman–Crippen LogP) is -2.60. The number of carboxylic acids is 1. The Hall–Kier alpha value is -2.23. The van der Waals surface area contributed by atoms with Crippen LogP contribution in [0.4, 0.5) is 0 Å². The Morgan fingerprint density at radius 2 is 1.35 bits per heavy atom. The third kappa shape index (κ3) is 13.5. The summed E-state index contributed by atoms with van der Waals surface area (Å²) in [5.74, 6) is -2.20. The Labute approximate surface area is 207 Å². The largest absolute Gasteiger partial charge is 0.480 e. The minimum atomic E-state index is -1.54. The van der Waals surface area contributed by atoms with Crippen LogP contribution in [-0.4, -0.2) is 101 Å². The SMILES string of the molecule is CSCCC(N)C(=O)NC(CCSC)C(=O)NC(CCCN=C(N)N)C(=O)NC(CO)C(=O)O. The molecule has 196 valence electrons. The normalized spacial score (nSPS) is 14.2. The smallest absolute Gasteiger partial charge is 0.328 e. The van der Waals surface area contributed by atoms with Crippen LogP contribution in [0.1, 0.15) is 25.7 Å². The summed E-state index contributed by atoms with van der Waals surface area (Å²) in [7, 11) is 0. The van der Waals surface area contributed by atoms with Crippen molar-refractivity contribution >= 4 is 53.2 Å². The quantitative estimate of drug-likeness (QED) is 0.0527. The van der Waals surface area contributed by atoms with Crippen LogP contribution in [-0.2, 0) is 19.2 Å². The Morgan fingerprint density at radius 1 is 0.853 bits per heavy atom. The van der Waals surface area contributed by atoms with E-state index in [1.165, 1.54) is 11.8 Å². The standard InChI is InChI=1S/C19H37N7O6S2/c1-33-8-5-11(20)15(28)24-13(6-9-34-2)17(30)25-12(4-3-7-23-19(21)22)16(29)26-14(10-27)18(31)32/h11-14,27H,3-10,20H2,1-2H3,(H,24,28)(H,25,30)(H,26,29)(H,31,32)(H4,21,22,23). The zero-order valence-corrected chi connectivity index (χ0v) is 21.1. The second-order valence-electron chi connectivity index (χ2n) is 7.32. The fourth-order valence-electron chi connectivity index (χ4n) is 2.66. The van der Waals surface area contributed by atoms with Gasteiger partial charge in [0, 0.05) is 6.54 Å². The number of rotatable bonds is 18. The number of carbonyl (C=O) groups is 4. The average Bonchev–Trinajstić information content (AvgIpc) is 2.79. The molecular weight excluding hydrogens is 486 g/mol. The molecule has 11 N–H and O–H groups in total. The lowest BCUT2D eigenvalue weighted by Gasteiger charge is -2.25. The van der Waals surface area contributed by atoms with E-state index in [1.807, 2.05) is 12.5 Å². The molecule has 0 aromatic carbocycles. The first-order valence-electron chi connectivity index (χ1n) is 10.6.